The zero-order valence-electron chi connectivity index (χ0n) is 5.75. The number of hydrogen-bond acceptors (Lipinski definition) is 3. The maximum atomic E-state index is 5.32. The minimum Gasteiger partial charge on any atom is -0.472 e. The number of thioether (sulfide) groups is 1. The highest BCUT2D eigenvalue weighted by molar-refractivity contribution is 7.98. The molecule has 0 aliphatic carbocycles. The monoisotopic (exact) mass is 157 g/mol. The highest BCUT2D eigenvalue weighted by Crippen LogP contribution is 2.10. The van der Waals surface area contributed by atoms with Crippen molar-refractivity contribution in [3.8, 4) is 0 Å². The lowest BCUT2D eigenvalue weighted by Crippen LogP contribution is -2.01. The van der Waals surface area contributed by atoms with Crippen molar-refractivity contribution in [3.05, 3.63) is 24.2 Å². The summed E-state index contributed by atoms with van der Waals surface area (Å²) in [6.45, 7) is 0.752. The second kappa shape index (κ2) is 4.41. The maximum absolute atomic E-state index is 5.32. The SMILES string of the molecule is NCCSCc1ccoc1. The van der Waals surface area contributed by atoms with Gasteiger partial charge in [-0.25, -0.2) is 0 Å². The van der Waals surface area contributed by atoms with Gasteiger partial charge in [0.1, 0.15) is 0 Å². The molecule has 3 heteroatoms. The van der Waals surface area contributed by atoms with Gasteiger partial charge < -0.3 is 10.2 Å². The summed E-state index contributed by atoms with van der Waals surface area (Å²) in [4.78, 5) is 0. The number of furan rings is 1. The van der Waals surface area contributed by atoms with Crippen LogP contribution < -0.4 is 5.73 Å². The first-order valence-corrected chi connectivity index (χ1v) is 4.38. The van der Waals surface area contributed by atoms with E-state index in [1.807, 2.05) is 17.8 Å². The fraction of sp³-hybridized carbons (Fsp3) is 0.429. The molecule has 0 spiro atoms. The molecular weight excluding hydrogens is 146 g/mol. The number of hydrogen-bond donors (Lipinski definition) is 1. The smallest absolute Gasteiger partial charge is 0.0942 e. The van der Waals surface area contributed by atoms with E-state index in [2.05, 4.69) is 0 Å². The molecule has 0 aliphatic heterocycles. The Labute approximate surface area is 64.8 Å². The van der Waals surface area contributed by atoms with Crippen molar-refractivity contribution in [2.45, 2.75) is 5.75 Å². The molecule has 0 fully saturated rings. The molecule has 2 nitrogen and oxygen atoms in total. The molecule has 0 aliphatic rings. The highest BCUT2D eigenvalue weighted by atomic mass is 32.2. The van der Waals surface area contributed by atoms with E-state index in [-0.39, 0.29) is 0 Å². The summed E-state index contributed by atoms with van der Waals surface area (Å²) in [5.41, 5.74) is 6.56. The number of nitrogens with two attached hydrogens (primary N) is 1. The van der Waals surface area contributed by atoms with Crippen LogP contribution in [-0.2, 0) is 5.75 Å². The summed E-state index contributed by atoms with van der Waals surface area (Å²) in [6, 6.07) is 1.98. The maximum Gasteiger partial charge on any atom is 0.0942 e. The average Bonchev–Trinajstić information content (AvgIpc) is 2.41. The van der Waals surface area contributed by atoms with E-state index >= 15 is 0 Å². The third-order valence-electron chi connectivity index (χ3n) is 1.11. The molecule has 0 saturated heterocycles. The second-order valence-corrected chi connectivity index (χ2v) is 3.08. The first kappa shape index (κ1) is 7.69. The molecule has 0 atom stereocenters. The normalized spacial score (nSPS) is 10.1. The van der Waals surface area contributed by atoms with Crippen molar-refractivity contribution in [1.82, 2.24) is 0 Å². The molecular formula is C7H11NOS. The first-order chi connectivity index (χ1) is 4.93. The third kappa shape index (κ3) is 2.45. The van der Waals surface area contributed by atoms with E-state index in [1.165, 1.54) is 5.56 Å². The Hall–Kier alpha value is -0.410. The summed E-state index contributed by atoms with van der Waals surface area (Å²) in [6.07, 6.45) is 3.46. The van der Waals surface area contributed by atoms with Crippen LogP contribution in [0.15, 0.2) is 23.0 Å². The molecule has 0 radical (unpaired) electrons. The van der Waals surface area contributed by atoms with E-state index in [0.717, 1.165) is 18.1 Å². The van der Waals surface area contributed by atoms with Crippen molar-refractivity contribution in [2.24, 2.45) is 5.73 Å². The van der Waals surface area contributed by atoms with Gasteiger partial charge in [0, 0.05) is 23.6 Å². The summed E-state index contributed by atoms with van der Waals surface area (Å²) >= 11 is 1.83. The van der Waals surface area contributed by atoms with E-state index in [9.17, 15) is 0 Å². The van der Waals surface area contributed by atoms with Crippen LogP contribution in [0.4, 0.5) is 0 Å². The van der Waals surface area contributed by atoms with Gasteiger partial charge in [0.2, 0.25) is 0 Å². The Kier molecular flexibility index (Phi) is 3.40. The topological polar surface area (TPSA) is 39.2 Å². The predicted octanol–water partition coefficient (Wildman–Crippen LogP) is 1.47. The van der Waals surface area contributed by atoms with Crippen molar-refractivity contribution in [2.75, 3.05) is 12.3 Å². The zero-order valence-corrected chi connectivity index (χ0v) is 6.56. The van der Waals surface area contributed by atoms with Crippen LogP contribution in [0, 0.1) is 0 Å². The lowest BCUT2D eigenvalue weighted by Gasteiger charge is -1.93. The quantitative estimate of drug-likeness (QED) is 0.673. The predicted molar refractivity (Wildman–Crippen MR) is 43.9 cm³/mol. The van der Waals surface area contributed by atoms with Gasteiger partial charge in [-0.3, -0.25) is 0 Å². The van der Waals surface area contributed by atoms with E-state index < -0.39 is 0 Å². The molecule has 56 valence electrons. The summed E-state index contributed by atoms with van der Waals surface area (Å²) in [5.74, 6) is 2.03. The minimum atomic E-state index is 0.752. The van der Waals surface area contributed by atoms with Gasteiger partial charge in [0.05, 0.1) is 12.5 Å². The van der Waals surface area contributed by atoms with Crippen molar-refractivity contribution in [1.29, 1.82) is 0 Å². The average molecular weight is 157 g/mol. The van der Waals surface area contributed by atoms with Crippen LogP contribution in [0.1, 0.15) is 5.56 Å². The van der Waals surface area contributed by atoms with Gasteiger partial charge in [-0.1, -0.05) is 0 Å². The molecule has 1 aromatic rings. The summed E-state index contributed by atoms with van der Waals surface area (Å²) in [7, 11) is 0. The van der Waals surface area contributed by atoms with Crippen molar-refractivity contribution < 1.29 is 4.42 Å². The second-order valence-electron chi connectivity index (χ2n) is 1.97. The van der Waals surface area contributed by atoms with Gasteiger partial charge in [0.25, 0.3) is 0 Å². The van der Waals surface area contributed by atoms with Crippen LogP contribution in [0.3, 0.4) is 0 Å². The minimum absolute atomic E-state index is 0.752. The molecule has 10 heavy (non-hydrogen) atoms. The van der Waals surface area contributed by atoms with Gasteiger partial charge in [0.15, 0.2) is 0 Å². The lowest BCUT2D eigenvalue weighted by atomic mass is 10.4. The Bertz CT molecular complexity index is 162. The molecule has 0 unspecified atom stereocenters. The highest BCUT2D eigenvalue weighted by Gasteiger charge is 1.92. The lowest BCUT2D eigenvalue weighted by molar-refractivity contribution is 0.565. The molecule has 0 saturated carbocycles. The molecule has 1 aromatic heterocycles. The van der Waals surface area contributed by atoms with Crippen LogP contribution in [0.5, 0.6) is 0 Å². The Morgan fingerprint density at radius 3 is 3.10 bits per heavy atom. The Morgan fingerprint density at radius 1 is 1.60 bits per heavy atom. The third-order valence-corrected chi connectivity index (χ3v) is 2.17. The molecule has 0 amide bonds. The van der Waals surface area contributed by atoms with Crippen LogP contribution in [0.25, 0.3) is 0 Å². The van der Waals surface area contributed by atoms with E-state index in [1.54, 1.807) is 12.5 Å². The largest absolute Gasteiger partial charge is 0.472 e. The standard InChI is InChI=1S/C7H11NOS/c8-2-4-10-6-7-1-3-9-5-7/h1,3,5H,2,4,6,8H2. The zero-order chi connectivity index (χ0) is 7.23. The number of rotatable bonds is 4. The summed E-state index contributed by atoms with van der Waals surface area (Å²) < 4.78 is 4.90. The fourth-order valence-corrected chi connectivity index (χ4v) is 1.36. The van der Waals surface area contributed by atoms with Gasteiger partial charge in [-0.05, 0) is 6.07 Å². The van der Waals surface area contributed by atoms with E-state index in [0.29, 0.717) is 0 Å². The van der Waals surface area contributed by atoms with Crippen molar-refractivity contribution in [3.63, 3.8) is 0 Å². The van der Waals surface area contributed by atoms with Crippen molar-refractivity contribution >= 4 is 11.8 Å². The molecule has 0 aromatic carbocycles. The fourth-order valence-electron chi connectivity index (χ4n) is 0.648. The summed E-state index contributed by atoms with van der Waals surface area (Å²) in [5, 5.41) is 0. The van der Waals surface area contributed by atoms with Crippen LogP contribution in [-0.4, -0.2) is 12.3 Å². The molecule has 1 rings (SSSR count). The van der Waals surface area contributed by atoms with Crippen LogP contribution in [0.2, 0.25) is 0 Å². The molecule has 1 heterocycles. The van der Waals surface area contributed by atoms with Gasteiger partial charge in [-0.2, -0.15) is 11.8 Å². The van der Waals surface area contributed by atoms with Gasteiger partial charge in [-0.15, -0.1) is 0 Å². The molecule has 0 bridgehead atoms. The van der Waals surface area contributed by atoms with Crippen LogP contribution >= 0.6 is 11.8 Å². The van der Waals surface area contributed by atoms with Gasteiger partial charge >= 0.3 is 0 Å². The molecule has 2 N–H and O–H groups in total. The Morgan fingerprint density at radius 2 is 2.50 bits per heavy atom. The first-order valence-electron chi connectivity index (χ1n) is 3.22. The van der Waals surface area contributed by atoms with E-state index in [4.69, 9.17) is 10.2 Å². The Balaban J connectivity index is 2.15.